The molecule has 2 aromatic rings. The highest BCUT2D eigenvalue weighted by Gasteiger charge is 2.07. The Morgan fingerprint density at radius 2 is 2.00 bits per heavy atom. The first-order valence-corrected chi connectivity index (χ1v) is 5.30. The van der Waals surface area contributed by atoms with Crippen molar-refractivity contribution in [2.24, 2.45) is 0 Å². The molecule has 1 heterocycles. The zero-order valence-corrected chi connectivity index (χ0v) is 9.15. The van der Waals surface area contributed by atoms with Crippen molar-refractivity contribution in [3.8, 4) is 0 Å². The summed E-state index contributed by atoms with van der Waals surface area (Å²) in [6, 6.07) is 6.50. The number of hydrogen-bond donors (Lipinski definition) is 1. The lowest BCUT2D eigenvalue weighted by atomic mass is 10.1. The molecule has 14 heavy (non-hydrogen) atoms. The monoisotopic (exact) mass is 187 g/mol. The molecule has 0 spiro atoms. The van der Waals surface area contributed by atoms with Gasteiger partial charge in [-0.05, 0) is 31.4 Å². The van der Waals surface area contributed by atoms with Crippen LogP contribution in [-0.4, -0.2) is 4.98 Å². The Hall–Kier alpha value is -1.24. The van der Waals surface area contributed by atoms with Crippen LogP contribution in [0.15, 0.2) is 18.2 Å². The van der Waals surface area contributed by atoms with Gasteiger partial charge in [0.2, 0.25) is 0 Å². The van der Waals surface area contributed by atoms with Gasteiger partial charge in [0, 0.05) is 16.6 Å². The average Bonchev–Trinajstić information content (AvgIpc) is 2.48. The first-order chi connectivity index (χ1) is 6.74. The highest BCUT2D eigenvalue weighted by molar-refractivity contribution is 5.86. The fourth-order valence-electron chi connectivity index (χ4n) is 2.05. The summed E-state index contributed by atoms with van der Waals surface area (Å²) in [5.41, 5.74) is 5.48. The molecule has 1 heteroatoms. The summed E-state index contributed by atoms with van der Waals surface area (Å²) in [6.07, 6.45) is 2.35. The Morgan fingerprint density at radius 1 is 1.21 bits per heavy atom. The Bertz CT molecular complexity index is 451. The molecule has 0 aliphatic rings. The number of aromatic amines is 1. The predicted molar refractivity (Wildman–Crippen MR) is 61.8 cm³/mol. The minimum Gasteiger partial charge on any atom is -0.358 e. The summed E-state index contributed by atoms with van der Waals surface area (Å²) in [6.45, 7) is 6.59. The largest absolute Gasteiger partial charge is 0.358 e. The van der Waals surface area contributed by atoms with Crippen LogP contribution >= 0.6 is 0 Å². The van der Waals surface area contributed by atoms with Crippen LogP contribution in [0.2, 0.25) is 0 Å². The van der Waals surface area contributed by atoms with Gasteiger partial charge in [-0.1, -0.05) is 31.5 Å². The number of para-hydroxylation sites is 1. The molecule has 1 aromatic heterocycles. The summed E-state index contributed by atoms with van der Waals surface area (Å²) in [5.74, 6) is 0. The third kappa shape index (κ3) is 1.33. The number of aryl methyl sites for hydroxylation is 3. The zero-order chi connectivity index (χ0) is 10.1. The molecule has 1 nitrogen and oxygen atoms in total. The molecule has 0 aliphatic carbocycles. The fraction of sp³-hybridized carbons (Fsp3) is 0.385. The third-order valence-corrected chi connectivity index (χ3v) is 2.91. The number of H-pyrrole nitrogens is 1. The van der Waals surface area contributed by atoms with Crippen molar-refractivity contribution in [1.82, 2.24) is 4.98 Å². The maximum atomic E-state index is 3.53. The number of rotatable bonds is 2. The van der Waals surface area contributed by atoms with Crippen molar-refractivity contribution in [1.29, 1.82) is 0 Å². The van der Waals surface area contributed by atoms with Gasteiger partial charge in [0.05, 0.1) is 0 Å². The van der Waals surface area contributed by atoms with Gasteiger partial charge in [-0.15, -0.1) is 0 Å². The molecule has 0 unspecified atom stereocenters. The van der Waals surface area contributed by atoms with Crippen molar-refractivity contribution in [2.75, 3.05) is 0 Å². The lowest BCUT2D eigenvalue weighted by Gasteiger charge is -1.94. The molecule has 0 bridgehead atoms. The van der Waals surface area contributed by atoms with Crippen LogP contribution in [0.3, 0.4) is 0 Å². The molecule has 2 rings (SSSR count). The van der Waals surface area contributed by atoms with E-state index in [1.165, 1.54) is 34.1 Å². The van der Waals surface area contributed by atoms with E-state index in [4.69, 9.17) is 0 Å². The van der Waals surface area contributed by atoms with E-state index in [0.29, 0.717) is 0 Å². The van der Waals surface area contributed by atoms with Crippen molar-refractivity contribution in [3.05, 3.63) is 35.0 Å². The normalized spacial score (nSPS) is 11.1. The molecular weight excluding hydrogens is 170 g/mol. The zero-order valence-electron chi connectivity index (χ0n) is 9.15. The van der Waals surface area contributed by atoms with Crippen LogP contribution < -0.4 is 0 Å². The SMILES string of the molecule is CCCc1[nH]c2c(C)cccc2c1C. The van der Waals surface area contributed by atoms with Crippen molar-refractivity contribution >= 4 is 10.9 Å². The van der Waals surface area contributed by atoms with E-state index in [0.717, 1.165) is 6.42 Å². The molecule has 1 aromatic carbocycles. The van der Waals surface area contributed by atoms with Crippen LogP contribution in [0, 0.1) is 13.8 Å². The highest BCUT2D eigenvalue weighted by atomic mass is 14.7. The maximum Gasteiger partial charge on any atom is 0.0488 e. The molecule has 74 valence electrons. The number of aromatic nitrogens is 1. The van der Waals surface area contributed by atoms with E-state index in [1.54, 1.807) is 0 Å². The average molecular weight is 187 g/mol. The smallest absolute Gasteiger partial charge is 0.0488 e. The third-order valence-electron chi connectivity index (χ3n) is 2.91. The summed E-state index contributed by atoms with van der Waals surface area (Å²) < 4.78 is 0. The molecule has 0 atom stereocenters. The second-order valence-electron chi connectivity index (χ2n) is 3.98. The van der Waals surface area contributed by atoms with Gasteiger partial charge >= 0.3 is 0 Å². The summed E-state index contributed by atoms with van der Waals surface area (Å²) in [4.78, 5) is 3.53. The van der Waals surface area contributed by atoms with E-state index < -0.39 is 0 Å². The van der Waals surface area contributed by atoms with Gasteiger partial charge in [-0.3, -0.25) is 0 Å². The quantitative estimate of drug-likeness (QED) is 0.737. The fourth-order valence-corrected chi connectivity index (χ4v) is 2.05. The molecule has 0 amide bonds. The predicted octanol–water partition coefficient (Wildman–Crippen LogP) is 3.74. The van der Waals surface area contributed by atoms with Crippen molar-refractivity contribution < 1.29 is 0 Å². The lowest BCUT2D eigenvalue weighted by Crippen LogP contribution is -1.84. The van der Waals surface area contributed by atoms with Gasteiger partial charge < -0.3 is 4.98 Å². The molecule has 0 saturated heterocycles. The molecule has 0 saturated carbocycles. The van der Waals surface area contributed by atoms with E-state index >= 15 is 0 Å². The highest BCUT2D eigenvalue weighted by Crippen LogP contribution is 2.24. The van der Waals surface area contributed by atoms with Gasteiger partial charge in [0.25, 0.3) is 0 Å². The van der Waals surface area contributed by atoms with E-state index in [2.05, 4.69) is 44.0 Å². The van der Waals surface area contributed by atoms with E-state index in [-0.39, 0.29) is 0 Å². The second kappa shape index (κ2) is 3.49. The molecule has 1 N–H and O–H groups in total. The standard InChI is InChI=1S/C13H17N/c1-4-6-12-10(3)11-8-5-7-9(2)13(11)14-12/h5,7-8,14H,4,6H2,1-3H3. The Kier molecular flexibility index (Phi) is 2.32. The number of fused-ring (bicyclic) bond motifs is 1. The van der Waals surface area contributed by atoms with Crippen LogP contribution in [-0.2, 0) is 6.42 Å². The summed E-state index contributed by atoms with van der Waals surface area (Å²) in [7, 11) is 0. The van der Waals surface area contributed by atoms with Crippen LogP contribution in [0.5, 0.6) is 0 Å². The Balaban J connectivity index is 2.67. The summed E-state index contributed by atoms with van der Waals surface area (Å²) >= 11 is 0. The number of nitrogens with one attached hydrogen (secondary N) is 1. The first kappa shape index (κ1) is 9.32. The molecule has 0 radical (unpaired) electrons. The summed E-state index contributed by atoms with van der Waals surface area (Å²) in [5, 5.41) is 1.38. The Morgan fingerprint density at radius 3 is 2.64 bits per heavy atom. The van der Waals surface area contributed by atoms with Crippen molar-refractivity contribution in [2.45, 2.75) is 33.6 Å². The molecular formula is C13H17N. The number of hydrogen-bond acceptors (Lipinski definition) is 0. The molecule has 0 fully saturated rings. The van der Waals surface area contributed by atoms with Gasteiger partial charge in [0.1, 0.15) is 0 Å². The van der Waals surface area contributed by atoms with E-state index in [1.807, 2.05) is 0 Å². The van der Waals surface area contributed by atoms with E-state index in [9.17, 15) is 0 Å². The minimum absolute atomic E-state index is 1.15. The van der Waals surface area contributed by atoms with Gasteiger partial charge in [-0.25, -0.2) is 0 Å². The molecule has 0 aliphatic heterocycles. The first-order valence-electron chi connectivity index (χ1n) is 5.30. The lowest BCUT2D eigenvalue weighted by molar-refractivity contribution is 0.887. The van der Waals surface area contributed by atoms with Crippen molar-refractivity contribution in [3.63, 3.8) is 0 Å². The van der Waals surface area contributed by atoms with Crippen LogP contribution in [0.4, 0.5) is 0 Å². The maximum absolute atomic E-state index is 3.53. The van der Waals surface area contributed by atoms with Crippen LogP contribution in [0.1, 0.15) is 30.2 Å². The van der Waals surface area contributed by atoms with Gasteiger partial charge in [0.15, 0.2) is 0 Å². The van der Waals surface area contributed by atoms with Gasteiger partial charge in [-0.2, -0.15) is 0 Å². The minimum atomic E-state index is 1.15. The Labute approximate surface area is 85.1 Å². The topological polar surface area (TPSA) is 15.8 Å². The van der Waals surface area contributed by atoms with Crippen LogP contribution in [0.25, 0.3) is 10.9 Å². The second-order valence-corrected chi connectivity index (χ2v) is 3.98. The number of benzene rings is 1.